The van der Waals surface area contributed by atoms with Gasteiger partial charge in [0.2, 0.25) is 6.41 Å². The number of nitrogens with zero attached hydrogens (tertiary/aromatic N) is 2. The first-order valence-electron chi connectivity index (χ1n) is 11.1. The van der Waals surface area contributed by atoms with Crippen LogP contribution >= 0.6 is 0 Å². The first-order valence-corrected chi connectivity index (χ1v) is 11.1. The zero-order valence-corrected chi connectivity index (χ0v) is 18.9. The van der Waals surface area contributed by atoms with Crippen LogP contribution in [0.15, 0.2) is 72.9 Å². The highest BCUT2D eigenvalue weighted by Crippen LogP contribution is 2.34. The average molecular weight is 438 g/mol. The zero-order valence-electron chi connectivity index (χ0n) is 18.9. The summed E-state index contributed by atoms with van der Waals surface area (Å²) in [4.78, 5) is 13.2. The van der Waals surface area contributed by atoms with Crippen molar-refractivity contribution in [3.8, 4) is 28.3 Å². The monoisotopic (exact) mass is 437 g/mol. The molecule has 166 valence electrons. The van der Waals surface area contributed by atoms with Gasteiger partial charge in [-0.15, -0.1) is 0 Å². The molecule has 0 radical (unpaired) electrons. The molecule has 33 heavy (non-hydrogen) atoms. The van der Waals surface area contributed by atoms with Gasteiger partial charge in [0.15, 0.2) is 0 Å². The molecular weight excluding hydrogens is 410 g/mol. The lowest BCUT2D eigenvalue weighted by atomic mass is 9.91. The summed E-state index contributed by atoms with van der Waals surface area (Å²) in [5.41, 5.74) is 7.00. The Hall–Kier alpha value is -3.88. The fourth-order valence-corrected chi connectivity index (χ4v) is 4.38. The summed E-state index contributed by atoms with van der Waals surface area (Å²) in [7, 11) is 0. The minimum Gasteiger partial charge on any atom is -0.372 e. The highest BCUT2D eigenvalue weighted by molar-refractivity contribution is 5.87. The molecule has 2 atom stereocenters. The van der Waals surface area contributed by atoms with Crippen LogP contribution < -0.4 is 10.2 Å². The molecule has 1 fully saturated rings. The van der Waals surface area contributed by atoms with E-state index in [4.69, 9.17) is 10.00 Å². The molecule has 0 saturated carbocycles. The van der Waals surface area contributed by atoms with Crippen LogP contribution in [0.3, 0.4) is 0 Å². The third-order valence-corrected chi connectivity index (χ3v) is 5.81. The van der Waals surface area contributed by atoms with Crippen molar-refractivity contribution in [1.82, 2.24) is 5.32 Å². The fraction of sp³-hybridized carbons (Fsp3) is 0.214. The summed E-state index contributed by atoms with van der Waals surface area (Å²) in [6.45, 7) is 5.97. The van der Waals surface area contributed by atoms with Gasteiger partial charge in [0.05, 0.1) is 23.8 Å². The molecule has 0 aliphatic carbocycles. The topological polar surface area (TPSA) is 65.4 Å². The van der Waals surface area contributed by atoms with Gasteiger partial charge in [0.1, 0.15) is 0 Å². The van der Waals surface area contributed by atoms with E-state index in [1.807, 2.05) is 36.4 Å². The number of nitriles is 1. The van der Waals surface area contributed by atoms with E-state index < -0.39 is 0 Å². The minimum atomic E-state index is 0.208. The van der Waals surface area contributed by atoms with Crippen LogP contribution in [0.5, 0.6) is 0 Å². The molecular formula is C28H27N3O2. The van der Waals surface area contributed by atoms with Crippen molar-refractivity contribution in [3.05, 3.63) is 84.1 Å². The number of ether oxygens (including phenoxy) is 1. The molecule has 4 rings (SSSR count). The van der Waals surface area contributed by atoms with E-state index in [9.17, 15) is 4.79 Å². The average Bonchev–Trinajstić information content (AvgIpc) is 2.84. The molecule has 1 saturated heterocycles. The van der Waals surface area contributed by atoms with Gasteiger partial charge in [-0.05, 0) is 72.0 Å². The third kappa shape index (κ3) is 5.14. The first kappa shape index (κ1) is 22.3. The molecule has 0 aromatic heterocycles. The molecule has 2 unspecified atom stereocenters. The maximum Gasteiger partial charge on any atom is 0.211 e. The SMILES string of the molecule is CC1CN(c2ccc(-c3cccc(-c4ccc(C#N)cc4)c3/C=C\NC=O)cc2)CC(C)O1. The Morgan fingerprint density at radius 3 is 2.06 bits per heavy atom. The predicted octanol–water partition coefficient (Wildman–Crippen LogP) is 5.22. The van der Waals surface area contributed by atoms with E-state index in [0.717, 1.165) is 40.9 Å². The largest absolute Gasteiger partial charge is 0.372 e. The number of amides is 1. The summed E-state index contributed by atoms with van der Waals surface area (Å²) in [5.74, 6) is 0. The summed E-state index contributed by atoms with van der Waals surface area (Å²) >= 11 is 0. The number of rotatable bonds is 6. The van der Waals surface area contributed by atoms with Crippen molar-refractivity contribution >= 4 is 18.2 Å². The maximum atomic E-state index is 10.8. The number of carbonyl (C=O) groups is 1. The highest BCUT2D eigenvalue weighted by Gasteiger charge is 2.22. The molecule has 1 N–H and O–H groups in total. The van der Waals surface area contributed by atoms with Crippen LogP contribution in [-0.4, -0.2) is 31.7 Å². The number of hydrogen-bond donors (Lipinski definition) is 1. The Kier molecular flexibility index (Phi) is 6.87. The third-order valence-electron chi connectivity index (χ3n) is 5.81. The molecule has 1 aliphatic heterocycles. The minimum absolute atomic E-state index is 0.208. The molecule has 1 heterocycles. The van der Waals surface area contributed by atoms with Crippen molar-refractivity contribution in [3.63, 3.8) is 0 Å². The number of anilines is 1. The lowest BCUT2D eigenvalue weighted by Gasteiger charge is -2.37. The number of hydrogen-bond acceptors (Lipinski definition) is 4. The smallest absolute Gasteiger partial charge is 0.211 e. The predicted molar refractivity (Wildman–Crippen MR) is 132 cm³/mol. The maximum absolute atomic E-state index is 10.8. The van der Waals surface area contributed by atoms with Gasteiger partial charge in [0, 0.05) is 25.0 Å². The van der Waals surface area contributed by atoms with Crippen LogP contribution in [-0.2, 0) is 9.53 Å². The van der Waals surface area contributed by atoms with Crippen LogP contribution in [0.2, 0.25) is 0 Å². The summed E-state index contributed by atoms with van der Waals surface area (Å²) in [6, 6.07) is 24.5. The Morgan fingerprint density at radius 1 is 0.939 bits per heavy atom. The van der Waals surface area contributed by atoms with Crippen LogP contribution in [0.1, 0.15) is 25.0 Å². The van der Waals surface area contributed by atoms with Gasteiger partial charge in [-0.1, -0.05) is 42.5 Å². The second-order valence-electron chi connectivity index (χ2n) is 8.28. The molecule has 3 aromatic rings. The fourth-order valence-electron chi connectivity index (χ4n) is 4.38. The van der Waals surface area contributed by atoms with E-state index in [0.29, 0.717) is 12.0 Å². The molecule has 1 aliphatic rings. The lowest BCUT2D eigenvalue weighted by Crippen LogP contribution is -2.45. The van der Waals surface area contributed by atoms with E-state index in [1.165, 1.54) is 5.69 Å². The molecule has 5 heteroatoms. The molecule has 0 spiro atoms. The quantitative estimate of drug-likeness (QED) is 0.537. The van der Waals surface area contributed by atoms with Gasteiger partial charge in [-0.3, -0.25) is 4.79 Å². The van der Waals surface area contributed by atoms with Crippen LogP contribution in [0.4, 0.5) is 5.69 Å². The summed E-state index contributed by atoms with van der Waals surface area (Å²) in [5, 5.41) is 11.7. The highest BCUT2D eigenvalue weighted by atomic mass is 16.5. The van der Waals surface area contributed by atoms with Crippen molar-refractivity contribution in [2.24, 2.45) is 0 Å². The number of morpholine rings is 1. The Morgan fingerprint density at radius 2 is 1.52 bits per heavy atom. The van der Waals surface area contributed by atoms with Gasteiger partial charge in [0.25, 0.3) is 0 Å². The molecule has 5 nitrogen and oxygen atoms in total. The standard InChI is InChI=1S/C28H27N3O2/c1-20-17-31(18-21(2)33-20)25-12-10-24(11-13-25)27-5-3-4-26(28(27)14-15-30-19-32)23-8-6-22(16-29)7-9-23/h3-15,19-21H,17-18H2,1-2H3,(H,30,32)/b15-14-. The number of nitrogens with one attached hydrogen (secondary N) is 1. The molecule has 1 amide bonds. The number of carbonyl (C=O) groups excluding carboxylic acids is 1. The lowest BCUT2D eigenvalue weighted by molar-refractivity contribution is -0.108. The summed E-state index contributed by atoms with van der Waals surface area (Å²) < 4.78 is 5.87. The molecule has 3 aromatic carbocycles. The normalized spacial score (nSPS) is 18.2. The summed E-state index contributed by atoms with van der Waals surface area (Å²) in [6.07, 6.45) is 4.62. The van der Waals surface area contributed by atoms with Crippen molar-refractivity contribution in [2.75, 3.05) is 18.0 Å². The second kappa shape index (κ2) is 10.2. The van der Waals surface area contributed by atoms with E-state index >= 15 is 0 Å². The van der Waals surface area contributed by atoms with Gasteiger partial charge >= 0.3 is 0 Å². The molecule has 0 bridgehead atoms. The van der Waals surface area contributed by atoms with Crippen LogP contribution in [0, 0.1) is 11.3 Å². The number of benzene rings is 3. The Labute approximate surface area is 194 Å². The van der Waals surface area contributed by atoms with E-state index in [-0.39, 0.29) is 12.2 Å². The zero-order chi connectivity index (χ0) is 23.2. The first-order chi connectivity index (χ1) is 16.1. The van der Waals surface area contributed by atoms with Gasteiger partial charge in [-0.25, -0.2) is 0 Å². The Bertz CT molecular complexity index is 1170. The van der Waals surface area contributed by atoms with E-state index in [2.05, 4.69) is 66.5 Å². The van der Waals surface area contributed by atoms with E-state index in [1.54, 1.807) is 6.20 Å². The van der Waals surface area contributed by atoms with Crippen molar-refractivity contribution < 1.29 is 9.53 Å². The van der Waals surface area contributed by atoms with Crippen molar-refractivity contribution in [1.29, 1.82) is 5.26 Å². The second-order valence-corrected chi connectivity index (χ2v) is 8.28. The van der Waals surface area contributed by atoms with Crippen molar-refractivity contribution in [2.45, 2.75) is 26.1 Å². The Balaban J connectivity index is 1.72. The van der Waals surface area contributed by atoms with Gasteiger partial charge in [-0.2, -0.15) is 5.26 Å². The van der Waals surface area contributed by atoms with Gasteiger partial charge < -0.3 is 15.0 Å². The van der Waals surface area contributed by atoms with Crippen LogP contribution in [0.25, 0.3) is 28.3 Å².